The van der Waals surface area contributed by atoms with Crippen molar-refractivity contribution in [1.82, 2.24) is 0 Å². The summed E-state index contributed by atoms with van der Waals surface area (Å²) in [6.45, 7) is 20.3. The fraction of sp³-hybridized carbons (Fsp3) is 0.595. The number of amides is 1. The van der Waals surface area contributed by atoms with E-state index < -0.39 is 8.32 Å². The molecule has 0 spiro atoms. The molecule has 1 aliphatic rings. The number of carbonyl (C=O) groups is 1. The van der Waals surface area contributed by atoms with Crippen LogP contribution in [0.2, 0.25) is 18.1 Å². The van der Waals surface area contributed by atoms with Crippen LogP contribution >= 0.6 is 0 Å². The maximum atomic E-state index is 13.5. The molecule has 0 saturated heterocycles. The number of methoxy groups -OCH3 is 3. The van der Waals surface area contributed by atoms with Crippen molar-refractivity contribution in [1.29, 1.82) is 0 Å². The van der Waals surface area contributed by atoms with Crippen molar-refractivity contribution in [3.8, 4) is 5.75 Å². The van der Waals surface area contributed by atoms with Gasteiger partial charge >= 0.3 is 0 Å². The molecule has 0 aliphatic carbocycles. The highest BCUT2D eigenvalue weighted by molar-refractivity contribution is 6.74. The summed E-state index contributed by atoms with van der Waals surface area (Å²) in [6, 6.07) is 16.1. The van der Waals surface area contributed by atoms with Crippen LogP contribution in [0, 0.1) is 11.8 Å². The van der Waals surface area contributed by atoms with Gasteiger partial charge in [-0.25, -0.2) is 0 Å². The molecular weight excluding hydrogens is 659 g/mol. The second-order valence-electron chi connectivity index (χ2n) is 15.8. The minimum atomic E-state index is -2.19. The van der Waals surface area contributed by atoms with Crippen LogP contribution < -0.4 is 10.1 Å². The van der Waals surface area contributed by atoms with Crippen LogP contribution in [0.3, 0.4) is 0 Å². The van der Waals surface area contributed by atoms with Gasteiger partial charge in [-0.2, -0.15) is 0 Å². The third-order valence-electron chi connectivity index (χ3n) is 10.4. The molecule has 6 atom stereocenters. The summed E-state index contributed by atoms with van der Waals surface area (Å²) in [5.74, 6) is 0.788. The second kappa shape index (κ2) is 19.9. The molecule has 0 radical (unpaired) electrons. The summed E-state index contributed by atoms with van der Waals surface area (Å²) in [7, 11) is 2.95. The number of hydrogen-bond donors (Lipinski definition) is 1. The van der Waals surface area contributed by atoms with Crippen LogP contribution in [-0.2, 0) is 41.2 Å². The first-order valence-corrected chi connectivity index (χ1v) is 21.3. The maximum Gasteiger partial charge on any atom is 0.250 e. The zero-order chi connectivity index (χ0) is 37.8. The highest BCUT2D eigenvalue weighted by atomic mass is 28.4. The van der Waals surface area contributed by atoms with Gasteiger partial charge in [0.25, 0.3) is 5.91 Å². The van der Waals surface area contributed by atoms with Crippen molar-refractivity contribution in [3.05, 3.63) is 83.0 Å². The van der Waals surface area contributed by atoms with Gasteiger partial charge in [0.1, 0.15) is 19.1 Å². The molecule has 1 aliphatic heterocycles. The smallest absolute Gasteiger partial charge is 0.250 e. The average molecular weight is 724 g/mol. The summed E-state index contributed by atoms with van der Waals surface area (Å²) in [4.78, 5) is 13.5. The summed E-state index contributed by atoms with van der Waals surface area (Å²) in [6.07, 6.45) is 6.20. The van der Waals surface area contributed by atoms with Crippen molar-refractivity contribution in [2.75, 3.05) is 33.4 Å². The van der Waals surface area contributed by atoms with Gasteiger partial charge in [0, 0.05) is 44.6 Å². The molecule has 0 saturated carbocycles. The predicted molar refractivity (Wildman–Crippen MR) is 210 cm³/mol. The van der Waals surface area contributed by atoms with Gasteiger partial charge in [-0.3, -0.25) is 4.79 Å². The first-order valence-electron chi connectivity index (χ1n) is 18.4. The van der Waals surface area contributed by atoms with Gasteiger partial charge in [0.05, 0.1) is 24.4 Å². The normalized spacial score (nSPS) is 26.8. The third kappa shape index (κ3) is 13.0. The average Bonchev–Trinajstić information content (AvgIpc) is 3.07. The molecule has 0 fully saturated rings. The van der Waals surface area contributed by atoms with E-state index in [1.165, 1.54) is 0 Å². The van der Waals surface area contributed by atoms with Gasteiger partial charge in [-0.05, 0) is 92.4 Å². The molecular formula is C42H65NO7Si. The van der Waals surface area contributed by atoms with Crippen LogP contribution in [0.25, 0.3) is 0 Å². The first kappa shape index (κ1) is 42.6. The molecule has 284 valence electrons. The number of ether oxygens (including phenoxy) is 5. The molecule has 1 amide bonds. The zero-order valence-electron chi connectivity index (χ0n) is 33.3. The molecule has 3 rings (SSSR count). The van der Waals surface area contributed by atoms with E-state index in [1.54, 1.807) is 21.3 Å². The van der Waals surface area contributed by atoms with Crippen molar-refractivity contribution in [2.24, 2.45) is 11.8 Å². The number of allylic oxidation sites excluding steroid dienone is 1. The summed E-state index contributed by atoms with van der Waals surface area (Å²) >= 11 is 0. The summed E-state index contributed by atoms with van der Waals surface area (Å²) in [5, 5.41) is 3.15. The highest BCUT2D eigenvalue weighted by Crippen LogP contribution is 2.39. The highest BCUT2D eigenvalue weighted by Gasteiger charge is 2.41. The number of benzene rings is 2. The maximum absolute atomic E-state index is 13.5. The van der Waals surface area contributed by atoms with Gasteiger partial charge < -0.3 is 33.4 Å². The van der Waals surface area contributed by atoms with E-state index in [9.17, 15) is 4.79 Å². The van der Waals surface area contributed by atoms with E-state index in [1.807, 2.05) is 55.5 Å². The predicted octanol–water partition coefficient (Wildman–Crippen LogP) is 9.50. The molecule has 2 aromatic carbocycles. The van der Waals surface area contributed by atoms with Crippen LogP contribution in [0.15, 0.2) is 71.8 Å². The molecule has 1 heterocycles. The molecule has 8 nitrogen and oxygen atoms in total. The number of nitrogens with one attached hydrogen (secondary N) is 1. The van der Waals surface area contributed by atoms with Gasteiger partial charge in [0.2, 0.25) is 0 Å². The van der Waals surface area contributed by atoms with Crippen molar-refractivity contribution < 1.29 is 32.9 Å². The Hall–Kier alpha value is -2.79. The lowest BCUT2D eigenvalue weighted by Crippen LogP contribution is -2.48. The molecule has 1 N–H and O–H groups in total. The lowest BCUT2D eigenvalue weighted by molar-refractivity contribution is -0.136. The third-order valence-corrected chi connectivity index (χ3v) is 14.8. The topological polar surface area (TPSA) is 84.5 Å². The fourth-order valence-corrected chi connectivity index (χ4v) is 7.73. The Morgan fingerprint density at radius 1 is 0.941 bits per heavy atom. The van der Waals surface area contributed by atoms with E-state index in [0.717, 1.165) is 29.5 Å². The minimum Gasteiger partial charge on any atom is -0.489 e. The monoisotopic (exact) mass is 723 g/mol. The van der Waals surface area contributed by atoms with Crippen LogP contribution in [0.1, 0.15) is 78.9 Å². The molecule has 51 heavy (non-hydrogen) atoms. The first-order chi connectivity index (χ1) is 24.1. The molecule has 0 aromatic heterocycles. The minimum absolute atomic E-state index is 0.00677. The van der Waals surface area contributed by atoms with Crippen molar-refractivity contribution in [2.45, 2.75) is 123 Å². The number of rotatable bonds is 10. The van der Waals surface area contributed by atoms with Crippen LogP contribution in [-0.4, -0.2) is 66.8 Å². The number of hydrogen-bond acceptors (Lipinski definition) is 7. The number of fused-ring (bicyclic) bond motifs is 2. The number of anilines is 1. The molecule has 2 aromatic rings. The van der Waals surface area contributed by atoms with Crippen molar-refractivity contribution >= 4 is 19.9 Å². The van der Waals surface area contributed by atoms with E-state index in [4.69, 9.17) is 28.1 Å². The van der Waals surface area contributed by atoms with E-state index in [2.05, 4.69) is 72.1 Å². The quantitative estimate of drug-likeness (QED) is 0.149. The largest absolute Gasteiger partial charge is 0.489 e. The van der Waals surface area contributed by atoms with Gasteiger partial charge in [-0.1, -0.05) is 77.1 Å². The van der Waals surface area contributed by atoms with E-state index in [0.29, 0.717) is 36.5 Å². The van der Waals surface area contributed by atoms with Crippen molar-refractivity contribution in [3.63, 3.8) is 0 Å². The lowest BCUT2D eigenvalue weighted by Gasteiger charge is -2.42. The summed E-state index contributed by atoms with van der Waals surface area (Å²) < 4.78 is 37.5. The Morgan fingerprint density at radius 3 is 2.25 bits per heavy atom. The lowest BCUT2D eigenvalue weighted by atomic mass is 9.88. The van der Waals surface area contributed by atoms with Crippen LogP contribution in [0.4, 0.5) is 5.69 Å². The summed E-state index contributed by atoms with van der Waals surface area (Å²) in [5.41, 5.74) is 4.60. The Balaban J connectivity index is 2.06. The standard InChI is InChI=1S/C42H65NO7Si/c1-29-21-34-24-35(26-36(25-34)48-27-33-18-14-13-15-19-33)43-41(44)30(2)17-16-20-37(46-9)40(50-51(11,12)42(5,6)7)32(4)23-31(3)39(49-28-45-8)38(22-29)47-10/h13-15,17-19,23-26,29,31,37-40H,16,20-22,27-28H2,1-12H3,(H,43,44)/b30-17+,32-23+. The molecule has 2 bridgehead atoms. The number of carbonyl (C=O) groups excluding carboxylic acids is 1. The SMILES string of the molecule is COCOC1C(C)/C=C(\C)C(O[Si](C)(C)C(C)(C)C)C(OC)CC/C=C(\C)C(=O)Nc2cc(cc(OCc3ccccc3)c2)CC(C)CC1OC. The van der Waals surface area contributed by atoms with E-state index >= 15 is 0 Å². The Morgan fingerprint density at radius 2 is 1.63 bits per heavy atom. The Kier molecular flexibility index (Phi) is 16.6. The Bertz CT molecular complexity index is 1430. The van der Waals surface area contributed by atoms with Gasteiger partial charge in [0.15, 0.2) is 8.32 Å². The Labute approximate surface area is 309 Å². The van der Waals surface area contributed by atoms with Crippen LogP contribution in [0.5, 0.6) is 5.75 Å². The zero-order valence-corrected chi connectivity index (χ0v) is 34.3. The molecule has 6 unspecified atom stereocenters. The van der Waals surface area contributed by atoms with Gasteiger partial charge in [-0.15, -0.1) is 0 Å². The van der Waals surface area contributed by atoms with E-state index in [-0.39, 0.29) is 54.0 Å². The molecule has 9 heteroatoms. The second-order valence-corrected chi connectivity index (χ2v) is 20.5. The fourth-order valence-electron chi connectivity index (χ4n) is 6.41.